The maximum absolute atomic E-state index is 15.4. The Morgan fingerprint density at radius 3 is 0.815 bits per heavy atom. The predicted molar refractivity (Wildman–Crippen MR) is 199 cm³/mol. The second-order valence-electron chi connectivity index (χ2n) is 15.9. The fourth-order valence-corrected chi connectivity index (χ4v) is 7.78. The number of rotatable bonds is 13. The van der Waals surface area contributed by atoms with Crippen LogP contribution in [0.25, 0.3) is 0 Å². The molecule has 0 amide bonds. The van der Waals surface area contributed by atoms with Gasteiger partial charge >= 0.3 is 0 Å². The van der Waals surface area contributed by atoms with Crippen molar-refractivity contribution in [3.05, 3.63) is 152 Å². The van der Waals surface area contributed by atoms with Crippen LogP contribution in [0.15, 0.2) is 24.3 Å². The zero-order valence-electron chi connectivity index (χ0n) is 34.3. The minimum absolute atomic E-state index is 0.806. The van der Waals surface area contributed by atoms with Crippen LogP contribution >= 0.6 is 0 Å². The van der Waals surface area contributed by atoms with Crippen LogP contribution in [0, 0.1) is 135 Å². The number of benzene rings is 5. The fourth-order valence-electron chi connectivity index (χ4n) is 7.78. The molecule has 0 aliphatic rings. The molecule has 0 fully saturated rings. The van der Waals surface area contributed by atoms with E-state index in [1.165, 1.54) is 50.0 Å². The first kappa shape index (κ1) is 52.4. The van der Waals surface area contributed by atoms with Gasteiger partial charge in [-0.2, -0.15) is 0 Å². The first-order valence-corrected chi connectivity index (χ1v) is 19.3. The van der Waals surface area contributed by atoms with Crippen LogP contribution in [0.2, 0.25) is 0 Å². The number of halogens is 20. The lowest BCUT2D eigenvalue weighted by atomic mass is 9.12. The van der Waals surface area contributed by atoms with E-state index >= 15 is 35.1 Å². The van der Waals surface area contributed by atoms with Crippen molar-refractivity contribution in [2.24, 2.45) is 11.8 Å². The Labute approximate surface area is 357 Å². The van der Waals surface area contributed by atoms with Crippen LogP contribution < -0.4 is 26.8 Å². The Morgan fingerprint density at radius 1 is 0.354 bits per heavy atom. The monoisotopic (exact) mass is 955 g/mol. The zero-order valence-corrected chi connectivity index (χ0v) is 34.3. The van der Waals surface area contributed by atoms with Crippen molar-refractivity contribution in [3.8, 4) is 0 Å². The highest BCUT2D eigenvalue weighted by atomic mass is 19.2. The quantitative estimate of drug-likeness (QED) is 0.0395. The molecule has 0 bridgehead atoms. The average molecular weight is 956 g/mol. The molecule has 0 radical (unpaired) electrons. The van der Waals surface area contributed by atoms with Crippen molar-refractivity contribution in [2.45, 2.75) is 53.9 Å². The molecule has 0 saturated carbocycles. The highest BCUT2D eigenvalue weighted by molar-refractivity contribution is 7.20. The summed E-state index contributed by atoms with van der Waals surface area (Å²) in [4.78, 5) is 1.79. The minimum Gasteiger partial charge on any atom is -0.335 e. The molecular formula is C43H34BF20N. The van der Waals surface area contributed by atoms with Gasteiger partial charge in [0.05, 0.1) is 19.6 Å². The van der Waals surface area contributed by atoms with Crippen LogP contribution in [0.5, 0.6) is 0 Å². The highest BCUT2D eigenvalue weighted by Gasteiger charge is 2.52. The van der Waals surface area contributed by atoms with E-state index in [9.17, 15) is 52.7 Å². The SMILES string of the molecule is Cc1ccc(CCCC[NH+](CC(C)C)CC(C)C)cc1.Fc1c(F)c(F)c([B-](c2c(F)c(F)c(F)c(F)c2F)(c2c(F)c(F)c(F)c(F)c2F)c2c(F)c(F)c(F)c(F)c2F)c(F)c1F. The Kier molecular flexibility index (Phi) is 16.5. The Balaban J connectivity index is 0.000000387. The van der Waals surface area contributed by atoms with Crippen molar-refractivity contribution in [1.29, 1.82) is 0 Å². The van der Waals surface area contributed by atoms with Gasteiger partial charge in [-0.1, -0.05) is 57.5 Å². The van der Waals surface area contributed by atoms with Gasteiger partial charge in [0.15, 0.2) is 69.8 Å². The summed E-state index contributed by atoms with van der Waals surface area (Å²) in [7, 11) is 0. The molecule has 5 rings (SSSR count). The molecule has 65 heavy (non-hydrogen) atoms. The van der Waals surface area contributed by atoms with Crippen molar-refractivity contribution >= 4 is 28.0 Å². The van der Waals surface area contributed by atoms with E-state index in [-0.39, 0.29) is 0 Å². The smallest absolute Gasteiger partial charge is 0.200 e. The number of quaternary nitrogens is 1. The van der Waals surface area contributed by atoms with Gasteiger partial charge in [0, 0.05) is 11.8 Å². The van der Waals surface area contributed by atoms with Gasteiger partial charge in [-0.15, -0.1) is 21.9 Å². The van der Waals surface area contributed by atoms with Crippen LogP contribution in [0.3, 0.4) is 0 Å². The molecule has 0 aliphatic carbocycles. The maximum Gasteiger partial charge on any atom is 0.200 e. The number of unbranched alkanes of at least 4 members (excludes halogenated alkanes) is 1. The molecule has 1 N–H and O–H groups in total. The summed E-state index contributed by atoms with van der Waals surface area (Å²) in [5, 5.41) is 0. The summed E-state index contributed by atoms with van der Waals surface area (Å²) in [5.41, 5.74) is -11.5. The van der Waals surface area contributed by atoms with E-state index in [2.05, 4.69) is 58.9 Å². The lowest BCUT2D eigenvalue weighted by molar-refractivity contribution is -0.906. The van der Waals surface area contributed by atoms with Crippen LogP contribution in [0.4, 0.5) is 87.8 Å². The predicted octanol–water partition coefficient (Wildman–Crippen LogP) is 9.36. The van der Waals surface area contributed by atoms with Crippen molar-refractivity contribution < 1.29 is 92.7 Å². The molecule has 5 aromatic carbocycles. The van der Waals surface area contributed by atoms with Gasteiger partial charge in [-0.05, 0) is 31.7 Å². The Morgan fingerprint density at radius 2 is 0.585 bits per heavy atom. The van der Waals surface area contributed by atoms with Crippen molar-refractivity contribution in [2.75, 3.05) is 19.6 Å². The van der Waals surface area contributed by atoms with Gasteiger partial charge in [0.2, 0.25) is 0 Å². The summed E-state index contributed by atoms with van der Waals surface area (Å²) >= 11 is 0. The lowest BCUT2D eigenvalue weighted by Crippen LogP contribution is -3.13. The van der Waals surface area contributed by atoms with Crippen LogP contribution in [0.1, 0.15) is 51.7 Å². The molecule has 1 nitrogen and oxygen atoms in total. The zero-order chi connectivity index (χ0) is 49.3. The van der Waals surface area contributed by atoms with E-state index in [0.717, 1.165) is 11.8 Å². The molecule has 5 aromatic rings. The second-order valence-corrected chi connectivity index (χ2v) is 15.9. The number of hydrogen-bond acceptors (Lipinski definition) is 0. The first-order chi connectivity index (χ1) is 30.2. The standard InChI is InChI=1S/C24BF20.C19H33N/c26-5-1(6(27)14(35)21(42)13(5)34)25(2-7(28)15(36)22(43)16(37)8(2)29,3-9(30)17(38)23(44)18(39)10(3)31)4-11(32)19(40)24(45)20(41)12(4)33;1-16(2)14-20(15-17(3)4)13-7-6-8-19-11-9-18(5)10-12-19/h;9-12,16-17H,6-8,13-15H2,1-5H3/q-1;/p+1. The molecule has 0 atom stereocenters. The molecule has 0 spiro atoms. The lowest BCUT2D eigenvalue weighted by Gasteiger charge is -2.44. The third-order valence-corrected chi connectivity index (χ3v) is 10.5. The summed E-state index contributed by atoms with van der Waals surface area (Å²) in [5.74, 6) is -69.8. The number of hydrogen-bond donors (Lipinski definition) is 1. The third-order valence-electron chi connectivity index (χ3n) is 10.5. The van der Waals surface area contributed by atoms with E-state index < -0.39 is 144 Å². The van der Waals surface area contributed by atoms with Gasteiger partial charge in [0.25, 0.3) is 0 Å². The second kappa shape index (κ2) is 20.5. The van der Waals surface area contributed by atoms with Crippen LogP contribution in [-0.4, -0.2) is 25.8 Å². The number of aryl methyl sites for hydroxylation is 2. The number of nitrogens with one attached hydrogen (secondary N) is 1. The fraction of sp³-hybridized carbons (Fsp3) is 0.302. The minimum atomic E-state index is -7.22. The molecule has 0 aliphatic heterocycles. The maximum atomic E-state index is 15.4. The van der Waals surface area contributed by atoms with E-state index in [1.54, 1.807) is 4.90 Å². The Hall–Kier alpha value is -5.28. The van der Waals surface area contributed by atoms with Gasteiger partial charge in [-0.25, -0.2) is 87.8 Å². The molecular weight excluding hydrogens is 921 g/mol. The van der Waals surface area contributed by atoms with Crippen molar-refractivity contribution in [3.63, 3.8) is 0 Å². The van der Waals surface area contributed by atoms with Gasteiger partial charge in [-0.3, -0.25) is 0 Å². The van der Waals surface area contributed by atoms with Gasteiger partial charge < -0.3 is 4.90 Å². The normalized spacial score (nSPS) is 11.9. The third kappa shape index (κ3) is 9.68. The largest absolute Gasteiger partial charge is 0.335 e. The summed E-state index contributed by atoms with van der Waals surface area (Å²) in [6.07, 6.45) is -3.31. The van der Waals surface area contributed by atoms with Gasteiger partial charge in [0.1, 0.15) is 52.7 Å². The molecule has 0 saturated heterocycles. The molecule has 354 valence electrons. The molecule has 0 heterocycles. The van der Waals surface area contributed by atoms with E-state index in [0.29, 0.717) is 0 Å². The molecule has 22 heteroatoms. The average Bonchev–Trinajstić information content (AvgIpc) is 3.25. The summed E-state index contributed by atoms with van der Waals surface area (Å²) in [6.45, 7) is 15.5. The highest BCUT2D eigenvalue weighted by Crippen LogP contribution is 2.30. The topological polar surface area (TPSA) is 4.44 Å². The summed E-state index contributed by atoms with van der Waals surface area (Å²) < 4.78 is 294. The molecule has 0 aromatic heterocycles. The Bertz CT molecular complexity index is 2190. The first-order valence-electron chi connectivity index (χ1n) is 19.3. The van der Waals surface area contributed by atoms with E-state index in [1.807, 2.05) is 0 Å². The van der Waals surface area contributed by atoms with Crippen LogP contribution in [-0.2, 0) is 6.42 Å². The van der Waals surface area contributed by atoms with E-state index in [4.69, 9.17) is 0 Å². The van der Waals surface area contributed by atoms with Crippen molar-refractivity contribution in [1.82, 2.24) is 0 Å². The summed E-state index contributed by atoms with van der Waals surface area (Å²) in [6, 6.07) is 9.01. The molecule has 0 unspecified atom stereocenters.